The highest BCUT2D eigenvalue weighted by molar-refractivity contribution is 5.98. The molecule has 1 amide bonds. The smallest absolute Gasteiger partial charge is 0.335 e. The molecule has 1 rings (SSSR count). The van der Waals surface area contributed by atoms with Crippen LogP contribution in [0.25, 0.3) is 0 Å². The summed E-state index contributed by atoms with van der Waals surface area (Å²) in [5, 5.41) is 23.0. The molecule has 0 heterocycles. The first kappa shape index (κ1) is 19.2. The van der Waals surface area contributed by atoms with E-state index in [-0.39, 0.29) is 7.11 Å². The van der Waals surface area contributed by atoms with Gasteiger partial charge >= 0.3 is 12.0 Å². The zero-order valence-electron chi connectivity index (χ0n) is 12.0. The first-order valence-corrected chi connectivity index (χ1v) is 5.90. The molecule has 0 unspecified atom stereocenters. The Labute approximate surface area is 130 Å². The summed E-state index contributed by atoms with van der Waals surface area (Å²) in [7, 11) is 0.288. The average molecular weight is 355 g/mol. The second-order valence-electron chi connectivity index (χ2n) is 4.40. The molecule has 0 aliphatic carbocycles. The summed E-state index contributed by atoms with van der Waals surface area (Å²) in [6.07, 6.45) is -5.74. The number of methoxy groups -OCH3 is 1. The number of alkyl halides is 4. The SMILES string of the molecule is CO[C@](F)(C(=O)Nc1cc([N+](=O)[O-])cc([N+](=O)[O-])c1C)C(F)(F)F. The number of nitrogens with zero attached hydrogens (tertiary/aromatic N) is 2. The summed E-state index contributed by atoms with van der Waals surface area (Å²) in [4.78, 5) is 31.0. The monoisotopic (exact) mass is 355 g/mol. The number of carbonyl (C=O) groups excluding carboxylic acids is 1. The van der Waals surface area contributed by atoms with Crippen molar-refractivity contribution in [2.24, 2.45) is 0 Å². The van der Waals surface area contributed by atoms with E-state index >= 15 is 0 Å². The molecule has 0 aromatic heterocycles. The minimum atomic E-state index is -5.74. The fourth-order valence-corrected chi connectivity index (χ4v) is 1.65. The third kappa shape index (κ3) is 3.40. The number of anilines is 1. The number of nitro benzene ring substituents is 2. The Hall–Kier alpha value is -2.83. The van der Waals surface area contributed by atoms with Crippen LogP contribution in [0.1, 0.15) is 5.56 Å². The van der Waals surface area contributed by atoms with Crippen LogP contribution in [0.4, 0.5) is 34.6 Å². The maximum Gasteiger partial charge on any atom is 0.458 e. The molecule has 24 heavy (non-hydrogen) atoms. The van der Waals surface area contributed by atoms with Gasteiger partial charge in [0.15, 0.2) is 0 Å². The van der Waals surface area contributed by atoms with E-state index in [0.29, 0.717) is 12.1 Å². The third-order valence-corrected chi connectivity index (χ3v) is 2.96. The molecule has 0 fully saturated rings. The molecular weight excluding hydrogens is 346 g/mol. The number of amides is 1. The number of benzene rings is 1. The minimum Gasteiger partial charge on any atom is -0.335 e. The van der Waals surface area contributed by atoms with Gasteiger partial charge in [-0.3, -0.25) is 25.0 Å². The number of hydrogen-bond donors (Lipinski definition) is 1. The lowest BCUT2D eigenvalue weighted by Gasteiger charge is -2.25. The van der Waals surface area contributed by atoms with E-state index in [2.05, 4.69) is 4.74 Å². The Morgan fingerprint density at radius 1 is 1.17 bits per heavy atom. The fraction of sp³-hybridized carbons (Fsp3) is 0.364. The topological polar surface area (TPSA) is 125 Å². The fourth-order valence-electron chi connectivity index (χ4n) is 1.65. The van der Waals surface area contributed by atoms with Crippen LogP contribution in [0.3, 0.4) is 0 Å². The van der Waals surface area contributed by atoms with Gasteiger partial charge in [-0.05, 0) is 6.92 Å². The summed E-state index contributed by atoms with van der Waals surface area (Å²) in [5.74, 6) is -7.07. The van der Waals surface area contributed by atoms with Gasteiger partial charge in [0.05, 0.1) is 27.2 Å². The van der Waals surface area contributed by atoms with Crippen molar-refractivity contribution in [1.82, 2.24) is 0 Å². The van der Waals surface area contributed by atoms with Crippen LogP contribution < -0.4 is 5.32 Å². The van der Waals surface area contributed by atoms with E-state index in [9.17, 15) is 42.6 Å². The van der Waals surface area contributed by atoms with Crippen LogP contribution in [0, 0.1) is 27.2 Å². The molecule has 9 nitrogen and oxygen atoms in total. The Morgan fingerprint density at radius 3 is 2.08 bits per heavy atom. The lowest BCUT2D eigenvalue weighted by molar-refractivity contribution is -0.394. The lowest BCUT2D eigenvalue weighted by atomic mass is 10.1. The van der Waals surface area contributed by atoms with Crippen molar-refractivity contribution in [2.45, 2.75) is 19.0 Å². The number of ether oxygens (including phenoxy) is 1. The molecule has 1 N–H and O–H groups in total. The van der Waals surface area contributed by atoms with E-state index in [1.807, 2.05) is 0 Å². The van der Waals surface area contributed by atoms with Crippen LogP contribution in [-0.2, 0) is 9.53 Å². The predicted molar refractivity (Wildman–Crippen MR) is 70.0 cm³/mol. The second kappa shape index (κ2) is 6.35. The molecule has 0 bridgehead atoms. The van der Waals surface area contributed by atoms with Gasteiger partial charge < -0.3 is 10.1 Å². The van der Waals surface area contributed by atoms with Crippen LogP contribution in [0.5, 0.6) is 0 Å². The van der Waals surface area contributed by atoms with Crippen molar-refractivity contribution in [3.63, 3.8) is 0 Å². The zero-order chi connectivity index (χ0) is 18.9. The summed E-state index contributed by atoms with van der Waals surface area (Å²) in [6.45, 7) is 1.01. The maximum atomic E-state index is 13.7. The van der Waals surface area contributed by atoms with Gasteiger partial charge in [-0.1, -0.05) is 0 Å². The van der Waals surface area contributed by atoms with Crippen molar-refractivity contribution >= 4 is 23.0 Å². The second-order valence-corrected chi connectivity index (χ2v) is 4.40. The highest BCUT2D eigenvalue weighted by Gasteiger charge is 2.63. The Kier molecular flexibility index (Phi) is 5.08. The number of nitrogens with one attached hydrogen (secondary N) is 1. The minimum absolute atomic E-state index is 0.288. The van der Waals surface area contributed by atoms with Crippen molar-refractivity contribution in [1.29, 1.82) is 0 Å². The van der Waals surface area contributed by atoms with Crippen LogP contribution >= 0.6 is 0 Å². The number of carbonyl (C=O) groups is 1. The predicted octanol–water partition coefficient (Wildman–Crippen LogP) is 2.62. The van der Waals surface area contributed by atoms with Crippen molar-refractivity contribution < 1.29 is 36.9 Å². The highest BCUT2D eigenvalue weighted by Crippen LogP contribution is 2.37. The number of rotatable bonds is 5. The van der Waals surface area contributed by atoms with Crippen molar-refractivity contribution in [3.05, 3.63) is 37.9 Å². The Balaban J connectivity index is 3.40. The largest absolute Gasteiger partial charge is 0.458 e. The molecule has 1 aromatic rings. The van der Waals surface area contributed by atoms with Gasteiger partial charge in [0.25, 0.3) is 17.3 Å². The van der Waals surface area contributed by atoms with E-state index in [1.165, 1.54) is 5.32 Å². The highest BCUT2D eigenvalue weighted by atomic mass is 19.4. The summed E-state index contributed by atoms with van der Waals surface area (Å²) in [5.41, 5.74) is -2.85. The molecular formula is C11H9F4N3O6. The molecule has 1 aromatic carbocycles. The van der Waals surface area contributed by atoms with Gasteiger partial charge in [0.2, 0.25) is 0 Å². The molecule has 132 valence electrons. The van der Waals surface area contributed by atoms with Gasteiger partial charge in [0, 0.05) is 13.2 Å². The normalized spacial score (nSPS) is 13.9. The van der Waals surface area contributed by atoms with E-state index < -0.39 is 50.4 Å². The molecule has 0 radical (unpaired) electrons. The number of nitro groups is 2. The van der Waals surface area contributed by atoms with Gasteiger partial charge in [-0.25, -0.2) is 0 Å². The average Bonchev–Trinajstić information content (AvgIpc) is 2.46. The van der Waals surface area contributed by atoms with Gasteiger partial charge in [0.1, 0.15) is 0 Å². The third-order valence-electron chi connectivity index (χ3n) is 2.96. The van der Waals surface area contributed by atoms with Crippen LogP contribution in [-0.4, -0.2) is 34.9 Å². The van der Waals surface area contributed by atoms with Crippen LogP contribution in [0.2, 0.25) is 0 Å². The molecule has 0 aliphatic rings. The maximum absolute atomic E-state index is 13.7. The van der Waals surface area contributed by atoms with Crippen LogP contribution in [0.15, 0.2) is 12.1 Å². The number of halogens is 4. The van der Waals surface area contributed by atoms with E-state index in [4.69, 9.17) is 0 Å². The van der Waals surface area contributed by atoms with Crippen molar-refractivity contribution in [2.75, 3.05) is 12.4 Å². The zero-order valence-corrected chi connectivity index (χ0v) is 12.0. The van der Waals surface area contributed by atoms with Gasteiger partial charge in [-0.2, -0.15) is 17.6 Å². The van der Waals surface area contributed by atoms with E-state index in [1.54, 1.807) is 0 Å². The number of non-ortho nitro benzene ring substituents is 1. The summed E-state index contributed by atoms with van der Waals surface area (Å²) >= 11 is 0. The molecule has 0 spiro atoms. The molecule has 0 saturated carbocycles. The quantitative estimate of drug-likeness (QED) is 0.492. The molecule has 0 aliphatic heterocycles. The summed E-state index contributed by atoms with van der Waals surface area (Å²) < 4.78 is 55.1. The first-order chi connectivity index (χ1) is 10.8. The molecule has 0 saturated heterocycles. The van der Waals surface area contributed by atoms with Gasteiger partial charge in [-0.15, -0.1) is 0 Å². The summed E-state index contributed by atoms with van der Waals surface area (Å²) in [6, 6.07) is 1.11. The van der Waals surface area contributed by atoms with Crippen molar-refractivity contribution in [3.8, 4) is 0 Å². The first-order valence-electron chi connectivity index (χ1n) is 5.90. The standard InChI is InChI=1S/C11H9F4N3O6/c1-5-7(3-6(17(20)21)4-8(5)18(22)23)16-9(19)10(12,24-2)11(13,14)15/h3-4H,1-2H3,(H,16,19)/t10-/m1/s1. The molecule has 1 atom stereocenters. The van der Waals surface area contributed by atoms with E-state index in [0.717, 1.165) is 6.92 Å². The lowest BCUT2D eigenvalue weighted by Crippen LogP contribution is -2.52. The number of hydrogen-bond acceptors (Lipinski definition) is 6. The Bertz CT molecular complexity index is 708. The molecule has 13 heteroatoms. The Morgan fingerprint density at radius 2 is 1.71 bits per heavy atom.